The SMILES string of the molecule is COc1cc(/C=C2\CCn3c2nc2sc(C(=O)O)c(C)c2c3=O)ccc1OCc1cc2c(cc1Br)OCO2. The molecule has 0 atom stereocenters. The first-order valence-corrected chi connectivity index (χ1v) is 13.3. The van der Waals surface area contributed by atoms with Gasteiger partial charge in [-0.1, -0.05) is 22.0 Å². The molecule has 0 bridgehead atoms. The molecule has 2 aromatic heterocycles. The number of carboxylic acids is 1. The molecule has 194 valence electrons. The quantitative estimate of drug-likeness (QED) is 0.311. The summed E-state index contributed by atoms with van der Waals surface area (Å²) in [5, 5.41) is 9.85. The van der Waals surface area contributed by atoms with Crippen LogP contribution < -0.4 is 24.5 Å². The van der Waals surface area contributed by atoms with Gasteiger partial charge in [-0.25, -0.2) is 9.78 Å². The fourth-order valence-corrected chi connectivity index (χ4v) is 6.12. The minimum Gasteiger partial charge on any atom is -0.493 e. The minimum absolute atomic E-state index is 0.146. The standard InChI is InChI=1S/C27H21BrN2O7S/c1-13-22-25(38-23(13)27(32)33)29-24-15(5-6-30(24)26(22)31)7-14-3-4-18(19(8-14)34-2)35-11-16-9-20-21(10-17(16)28)37-12-36-20/h3-4,7-10H,5-6,11-12H2,1-2H3,(H,32,33)/b15-7+. The monoisotopic (exact) mass is 596 g/mol. The Morgan fingerprint density at radius 3 is 2.79 bits per heavy atom. The van der Waals surface area contributed by atoms with Crippen LogP contribution in [0.4, 0.5) is 0 Å². The molecule has 0 radical (unpaired) electrons. The third kappa shape index (κ3) is 4.11. The molecule has 6 rings (SSSR count). The number of carboxylic acid groups (broad SMARTS) is 1. The number of halogens is 1. The highest BCUT2D eigenvalue weighted by molar-refractivity contribution is 9.10. The second-order valence-electron chi connectivity index (χ2n) is 8.85. The van der Waals surface area contributed by atoms with Crippen molar-refractivity contribution in [2.24, 2.45) is 0 Å². The number of methoxy groups -OCH3 is 1. The third-order valence-electron chi connectivity index (χ3n) is 6.59. The Morgan fingerprint density at radius 2 is 2.03 bits per heavy atom. The van der Waals surface area contributed by atoms with Gasteiger partial charge in [0.2, 0.25) is 6.79 Å². The van der Waals surface area contributed by atoms with Crippen molar-refractivity contribution in [2.45, 2.75) is 26.5 Å². The summed E-state index contributed by atoms with van der Waals surface area (Å²) in [4.78, 5) is 30.0. The highest BCUT2D eigenvalue weighted by Gasteiger charge is 2.25. The number of aromatic nitrogens is 2. The van der Waals surface area contributed by atoms with Gasteiger partial charge in [0.05, 0.1) is 12.5 Å². The topological polar surface area (TPSA) is 109 Å². The number of nitrogens with zero attached hydrogens (tertiary/aromatic N) is 2. The van der Waals surface area contributed by atoms with Crippen LogP contribution >= 0.6 is 27.3 Å². The number of aromatic carboxylic acids is 1. The number of thiophene rings is 1. The Balaban J connectivity index is 1.28. The summed E-state index contributed by atoms with van der Waals surface area (Å²) >= 11 is 4.59. The number of carbonyl (C=O) groups is 1. The van der Waals surface area contributed by atoms with E-state index in [0.29, 0.717) is 64.2 Å². The van der Waals surface area contributed by atoms with E-state index in [4.69, 9.17) is 18.9 Å². The number of hydrogen-bond donors (Lipinski definition) is 1. The van der Waals surface area contributed by atoms with Crippen molar-refractivity contribution in [1.29, 1.82) is 0 Å². The van der Waals surface area contributed by atoms with Crippen molar-refractivity contribution in [2.75, 3.05) is 13.9 Å². The molecular weight excluding hydrogens is 576 g/mol. The van der Waals surface area contributed by atoms with Gasteiger partial charge in [0, 0.05) is 16.6 Å². The Morgan fingerprint density at radius 1 is 1.24 bits per heavy atom. The van der Waals surface area contributed by atoms with Crippen molar-refractivity contribution < 1.29 is 28.8 Å². The van der Waals surface area contributed by atoms with E-state index >= 15 is 0 Å². The molecular formula is C27H21BrN2O7S. The average molecular weight is 597 g/mol. The molecule has 38 heavy (non-hydrogen) atoms. The van der Waals surface area contributed by atoms with E-state index in [9.17, 15) is 14.7 Å². The Bertz CT molecular complexity index is 1720. The number of allylic oxidation sites excluding steroid dienone is 1. The van der Waals surface area contributed by atoms with Crippen molar-refractivity contribution in [1.82, 2.24) is 9.55 Å². The molecule has 11 heteroatoms. The number of aryl methyl sites for hydroxylation is 1. The summed E-state index contributed by atoms with van der Waals surface area (Å²) in [6.07, 6.45) is 2.61. The molecule has 4 aromatic rings. The van der Waals surface area contributed by atoms with Gasteiger partial charge in [0.15, 0.2) is 23.0 Å². The van der Waals surface area contributed by atoms with Gasteiger partial charge in [0.1, 0.15) is 22.1 Å². The van der Waals surface area contributed by atoms with E-state index in [1.54, 1.807) is 18.6 Å². The fourth-order valence-electron chi connectivity index (χ4n) is 4.67. The van der Waals surface area contributed by atoms with Gasteiger partial charge in [-0.2, -0.15) is 0 Å². The highest BCUT2D eigenvalue weighted by Crippen LogP contribution is 2.38. The maximum absolute atomic E-state index is 13.2. The summed E-state index contributed by atoms with van der Waals surface area (Å²) in [5.41, 5.74) is 2.93. The molecule has 9 nitrogen and oxygen atoms in total. The molecule has 2 aromatic carbocycles. The summed E-state index contributed by atoms with van der Waals surface area (Å²) in [7, 11) is 1.58. The molecule has 2 aliphatic heterocycles. The lowest BCUT2D eigenvalue weighted by molar-refractivity contribution is 0.0701. The summed E-state index contributed by atoms with van der Waals surface area (Å²) in [5.74, 6) is 2.03. The third-order valence-corrected chi connectivity index (χ3v) is 8.50. The van der Waals surface area contributed by atoms with Crippen molar-refractivity contribution in [3.8, 4) is 23.0 Å². The largest absolute Gasteiger partial charge is 0.493 e. The van der Waals surface area contributed by atoms with Crippen LogP contribution in [0.15, 0.2) is 39.6 Å². The van der Waals surface area contributed by atoms with Crippen LogP contribution in [0.1, 0.15) is 38.6 Å². The van der Waals surface area contributed by atoms with E-state index in [2.05, 4.69) is 20.9 Å². The van der Waals surface area contributed by atoms with Crippen LogP contribution in [0.5, 0.6) is 23.0 Å². The van der Waals surface area contributed by atoms with Crippen molar-refractivity contribution in [3.63, 3.8) is 0 Å². The van der Waals surface area contributed by atoms with Gasteiger partial charge in [-0.05, 0) is 60.4 Å². The van der Waals surface area contributed by atoms with Crippen LogP contribution in [0.25, 0.3) is 21.9 Å². The first-order chi connectivity index (χ1) is 18.3. The van der Waals surface area contributed by atoms with Crippen LogP contribution in [-0.4, -0.2) is 34.5 Å². The van der Waals surface area contributed by atoms with E-state index < -0.39 is 5.97 Å². The molecule has 0 amide bonds. The number of benzene rings is 2. The predicted molar refractivity (Wildman–Crippen MR) is 146 cm³/mol. The Hall–Kier alpha value is -3.83. The van der Waals surface area contributed by atoms with Gasteiger partial charge in [-0.15, -0.1) is 11.3 Å². The first kappa shape index (κ1) is 24.5. The zero-order valence-corrected chi connectivity index (χ0v) is 22.8. The van der Waals surface area contributed by atoms with Gasteiger partial charge < -0.3 is 24.1 Å². The van der Waals surface area contributed by atoms with E-state index in [1.807, 2.05) is 36.4 Å². The van der Waals surface area contributed by atoms with Gasteiger partial charge in [-0.3, -0.25) is 9.36 Å². The predicted octanol–water partition coefficient (Wildman–Crippen LogP) is 5.49. The fraction of sp³-hybridized carbons (Fsp3) is 0.222. The highest BCUT2D eigenvalue weighted by atomic mass is 79.9. The van der Waals surface area contributed by atoms with Gasteiger partial charge in [0.25, 0.3) is 5.56 Å². The van der Waals surface area contributed by atoms with Crippen LogP contribution in [0.2, 0.25) is 0 Å². The lowest BCUT2D eigenvalue weighted by Gasteiger charge is -2.13. The number of fused-ring (bicyclic) bond motifs is 3. The van der Waals surface area contributed by atoms with Crippen molar-refractivity contribution in [3.05, 3.63) is 72.6 Å². The van der Waals surface area contributed by atoms with E-state index in [-0.39, 0.29) is 17.2 Å². The van der Waals surface area contributed by atoms with Crippen LogP contribution in [-0.2, 0) is 13.2 Å². The zero-order chi connectivity index (χ0) is 26.6. The number of hydrogen-bond acceptors (Lipinski definition) is 8. The molecule has 4 heterocycles. The molecule has 1 N–H and O–H groups in total. The maximum Gasteiger partial charge on any atom is 0.346 e. The minimum atomic E-state index is -1.05. The van der Waals surface area contributed by atoms with Crippen LogP contribution in [0.3, 0.4) is 0 Å². The zero-order valence-electron chi connectivity index (χ0n) is 20.4. The van der Waals surface area contributed by atoms with Crippen LogP contribution in [0, 0.1) is 6.92 Å². The number of rotatable bonds is 6. The average Bonchev–Trinajstić information content (AvgIpc) is 3.60. The number of ether oxygens (including phenoxy) is 4. The van der Waals surface area contributed by atoms with Crippen molar-refractivity contribution >= 4 is 55.1 Å². The molecule has 2 aliphatic rings. The molecule has 0 saturated heterocycles. The normalized spacial score (nSPS) is 14.8. The van der Waals surface area contributed by atoms with Gasteiger partial charge >= 0.3 is 5.97 Å². The smallest absolute Gasteiger partial charge is 0.346 e. The molecule has 0 fully saturated rings. The first-order valence-electron chi connectivity index (χ1n) is 11.7. The molecule has 0 aliphatic carbocycles. The summed E-state index contributed by atoms with van der Waals surface area (Å²) < 4.78 is 25.0. The maximum atomic E-state index is 13.2. The summed E-state index contributed by atoms with van der Waals surface area (Å²) in [6, 6.07) is 9.37. The van der Waals surface area contributed by atoms with E-state index in [1.165, 1.54) is 0 Å². The molecule has 0 saturated carbocycles. The summed E-state index contributed by atoms with van der Waals surface area (Å²) in [6.45, 7) is 2.64. The van der Waals surface area contributed by atoms with E-state index in [0.717, 1.165) is 32.5 Å². The molecule has 0 unspecified atom stereocenters. The second kappa shape index (κ2) is 9.48. The lowest BCUT2D eigenvalue weighted by Crippen LogP contribution is -2.20. The lowest BCUT2D eigenvalue weighted by atomic mass is 10.1. The Labute approximate surface area is 229 Å². The molecule has 0 spiro atoms. The second-order valence-corrected chi connectivity index (χ2v) is 10.7. The Kier molecular flexibility index (Phi) is 6.11.